The topological polar surface area (TPSA) is 65.7 Å². The number of hydrogen-bond donors (Lipinski definition) is 0. The second-order valence-electron chi connectivity index (χ2n) is 8.82. The fourth-order valence-electron chi connectivity index (χ4n) is 5.25. The van der Waals surface area contributed by atoms with Gasteiger partial charge in [-0.3, -0.25) is 0 Å². The van der Waals surface area contributed by atoms with Crippen LogP contribution in [0, 0.1) is 22.7 Å². The first-order chi connectivity index (χ1) is 17.8. The second-order valence-corrected chi connectivity index (χ2v) is 8.82. The molecule has 2 heterocycles. The summed E-state index contributed by atoms with van der Waals surface area (Å²) >= 11 is 0. The molecular formula is C32H17N3O. The summed E-state index contributed by atoms with van der Waals surface area (Å²) in [7, 11) is 0. The third-order valence-corrected chi connectivity index (χ3v) is 6.87. The molecule has 4 heteroatoms. The highest BCUT2D eigenvalue weighted by atomic mass is 16.3. The van der Waals surface area contributed by atoms with Crippen LogP contribution < -0.4 is 0 Å². The standard InChI is InChI=1S/C32H17N3O/c33-18-20-10-13-27(23(16-20)19-34)35-28-14-11-22(21-6-2-1-3-7-21)17-26(28)31-29(35)15-12-25-24-8-4-5-9-30(24)36-32(25)31/h1-17H. The van der Waals surface area contributed by atoms with Crippen LogP contribution in [0.4, 0.5) is 0 Å². The molecule has 7 aromatic rings. The van der Waals surface area contributed by atoms with Gasteiger partial charge in [0.1, 0.15) is 17.2 Å². The summed E-state index contributed by atoms with van der Waals surface area (Å²) in [6, 6.07) is 38.6. The zero-order valence-corrected chi connectivity index (χ0v) is 19.1. The first-order valence-corrected chi connectivity index (χ1v) is 11.7. The van der Waals surface area contributed by atoms with Crippen molar-refractivity contribution in [1.82, 2.24) is 4.57 Å². The normalized spacial score (nSPS) is 11.3. The first kappa shape index (κ1) is 20.1. The van der Waals surface area contributed by atoms with Crippen LogP contribution in [0.15, 0.2) is 108 Å². The van der Waals surface area contributed by atoms with Gasteiger partial charge in [-0.25, -0.2) is 0 Å². The van der Waals surface area contributed by atoms with Gasteiger partial charge in [0.25, 0.3) is 0 Å². The van der Waals surface area contributed by atoms with E-state index in [-0.39, 0.29) is 0 Å². The van der Waals surface area contributed by atoms with Gasteiger partial charge in [-0.2, -0.15) is 10.5 Å². The van der Waals surface area contributed by atoms with E-state index in [0.29, 0.717) is 11.1 Å². The molecule has 0 aliphatic heterocycles. The van der Waals surface area contributed by atoms with E-state index in [1.807, 2.05) is 42.5 Å². The van der Waals surface area contributed by atoms with Gasteiger partial charge in [0.2, 0.25) is 0 Å². The quantitative estimate of drug-likeness (QED) is 0.262. The number of aromatic nitrogens is 1. The minimum Gasteiger partial charge on any atom is -0.455 e. The van der Waals surface area contributed by atoms with Gasteiger partial charge in [0, 0.05) is 16.2 Å². The summed E-state index contributed by atoms with van der Waals surface area (Å²) < 4.78 is 8.54. The Balaban J connectivity index is 1.66. The van der Waals surface area contributed by atoms with Crippen molar-refractivity contribution in [1.29, 1.82) is 10.5 Å². The molecule has 0 unspecified atom stereocenters. The van der Waals surface area contributed by atoms with E-state index in [0.717, 1.165) is 60.6 Å². The second kappa shape index (κ2) is 7.60. The predicted molar refractivity (Wildman–Crippen MR) is 143 cm³/mol. The summed E-state index contributed by atoms with van der Waals surface area (Å²) in [5.41, 5.74) is 7.47. The Hall–Kier alpha value is -5.32. The van der Waals surface area contributed by atoms with Gasteiger partial charge >= 0.3 is 0 Å². The van der Waals surface area contributed by atoms with Crippen molar-refractivity contribution in [2.45, 2.75) is 0 Å². The van der Waals surface area contributed by atoms with Gasteiger partial charge in [-0.1, -0.05) is 54.6 Å². The average molecular weight is 460 g/mol. The summed E-state index contributed by atoms with van der Waals surface area (Å²) in [5, 5.41) is 23.5. The minimum atomic E-state index is 0.449. The predicted octanol–water partition coefficient (Wildman–Crippen LogP) is 8.09. The third kappa shape index (κ3) is 2.79. The molecule has 7 rings (SSSR count). The Morgan fingerprint density at radius 1 is 0.611 bits per heavy atom. The van der Waals surface area contributed by atoms with Crippen molar-refractivity contribution in [2.75, 3.05) is 0 Å². The average Bonchev–Trinajstić information content (AvgIpc) is 3.48. The third-order valence-electron chi connectivity index (χ3n) is 6.87. The van der Waals surface area contributed by atoms with Crippen molar-refractivity contribution in [3.8, 4) is 29.0 Å². The number of furan rings is 1. The van der Waals surface area contributed by atoms with Crippen LogP contribution in [0.1, 0.15) is 11.1 Å². The Bertz CT molecular complexity index is 2060. The SMILES string of the molecule is N#Cc1ccc(-n2c3ccc(-c4ccccc4)cc3c3c4oc5ccccc5c4ccc32)c(C#N)c1. The summed E-state index contributed by atoms with van der Waals surface area (Å²) in [5.74, 6) is 0. The molecule has 0 saturated heterocycles. The molecule has 2 aromatic heterocycles. The number of nitrogens with zero attached hydrogens (tertiary/aromatic N) is 3. The van der Waals surface area contributed by atoms with E-state index in [4.69, 9.17) is 4.42 Å². The Labute approximate surface area is 206 Å². The highest BCUT2D eigenvalue weighted by Gasteiger charge is 2.20. The molecule has 36 heavy (non-hydrogen) atoms. The molecule has 0 radical (unpaired) electrons. The molecule has 0 aliphatic rings. The lowest BCUT2D eigenvalue weighted by atomic mass is 10.0. The molecule has 4 nitrogen and oxygen atoms in total. The van der Waals surface area contributed by atoms with E-state index >= 15 is 0 Å². The summed E-state index contributed by atoms with van der Waals surface area (Å²) in [4.78, 5) is 0. The van der Waals surface area contributed by atoms with Gasteiger partial charge in [-0.15, -0.1) is 0 Å². The molecule has 0 atom stereocenters. The van der Waals surface area contributed by atoms with Crippen LogP contribution in [0.3, 0.4) is 0 Å². The van der Waals surface area contributed by atoms with Crippen LogP contribution in [-0.2, 0) is 0 Å². The number of fused-ring (bicyclic) bond motifs is 7. The van der Waals surface area contributed by atoms with E-state index in [1.165, 1.54) is 0 Å². The van der Waals surface area contributed by atoms with E-state index in [9.17, 15) is 10.5 Å². The molecule has 5 aromatic carbocycles. The fourth-order valence-corrected chi connectivity index (χ4v) is 5.25. The number of rotatable bonds is 2. The molecule has 0 aliphatic carbocycles. The monoisotopic (exact) mass is 459 g/mol. The summed E-state index contributed by atoms with van der Waals surface area (Å²) in [6.07, 6.45) is 0. The van der Waals surface area contributed by atoms with E-state index in [1.54, 1.807) is 12.1 Å². The van der Waals surface area contributed by atoms with Crippen molar-refractivity contribution < 1.29 is 4.42 Å². The van der Waals surface area contributed by atoms with Gasteiger partial charge in [0.15, 0.2) is 0 Å². The lowest BCUT2D eigenvalue weighted by Crippen LogP contribution is -1.98. The van der Waals surface area contributed by atoms with Crippen molar-refractivity contribution in [3.05, 3.63) is 114 Å². The number of hydrogen-bond acceptors (Lipinski definition) is 3. The van der Waals surface area contributed by atoms with Crippen LogP contribution in [0.5, 0.6) is 0 Å². The lowest BCUT2D eigenvalue weighted by molar-refractivity contribution is 0.673. The maximum Gasteiger partial charge on any atom is 0.145 e. The van der Waals surface area contributed by atoms with Crippen LogP contribution in [0.25, 0.3) is 60.6 Å². The maximum absolute atomic E-state index is 9.95. The number of para-hydroxylation sites is 1. The van der Waals surface area contributed by atoms with E-state index < -0.39 is 0 Å². The number of nitriles is 2. The Kier molecular flexibility index (Phi) is 4.24. The molecule has 0 amide bonds. The zero-order valence-electron chi connectivity index (χ0n) is 19.1. The molecule has 0 fully saturated rings. The minimum absolute atomic E-state index is 0.449. The maximum atomic E-state index is 9.95. The molecule has 0 spiro atoms. The van der Waals surface area contributed by atoms with Crippen molar-refractivity contribution >= 4 is 43.7 Å². The molecule has 0 N–H and O–H groups in total. The van der Waals surface area contributed by atoms with Crippen LogP contribution >= 0.6 is 0 Å². The lowest BCUT2D eigenvalue weighted by Gasteiger charge is -2.10. The molecule has 166 valence electrons. The molecular weight excluding hydrogens is 442 g/mol. The first-order valence-electron chi connectivity index (χ1n) is 11.7. The van der Waals surface area contributed by atoms with Crippen LogP contribution in [-0.4, -0.2) is 4.57 Å². The number of benzene rings is 5. The zero-order chi connectivity index (χ0) is 24.2. The van der Waals surface area contributed by atoms with Crippen molar-refractivity contribution in [2.24, 2.45) is 0 Å². The van der Waals surface area contributed by atoms with Gasteiger partial charge in [0.05, 0.1) is 39.3 Å². The van der Waals surface area contributed by atoms with Gasteiger partial charge in [-0.05, 0) is 59.7 Å². The highest BCUT2D eigenvalue weighted by molar-refractivity contribution is 6.24. The van der Waals surface area contributed by atoms with Crippen LogP contribution in [0.2, 0.25) is 0 Å². The Morgan fingerprint density at radius 2 is 1.42 bits per heavy atom. The highest BCUT2D eigenvalue weighted by Crippen LogP contribution is 2.42. The molecule has 0 saturated carbocycles. The summed E-state index contributed by atoms with van der Waals surface area (Å²) in [6.45, 7) is 0. The van der Waals surface area contributed by atoms with Gasteiger partial charge < -0.3 is 8.98 Å². The molecule has 0 bridgehead atoms. The smallest absolute Gasteiger partial charge is 0.145 e. The fraction of sp³-hybridized carbons (Fsp3) is 0. The largest absolute Gasteiger partial charge is 0.455 e. The van der Waals surface area contributed by atoms with E-state index in [2.05, 4.69) is 65.2 Å². The Morgan fingerprint density at radius 3 is 2.25 bits per heavy atom. The van der Waals surface area contributed by atoms with Crippen molar-refractivity contribution in [3.63, 3.8) is 0 Å².